The Balaban J connectivity index is 2.24. The molecule has 16 heavy (non-hydrogen) atoms. The van der Waals surface area contributed by atoms with E-state index >= 15 is 0 Å². The minimum Gasteiger partial charge on any atom is -0.392 e. The van der Waals surface area contributed by atoms with Gasteiger partial charge in [-0.3, -0.25) is 0 Å². The first-order chi connectivity index (χ1) is 7.78. The minimum atomic E-state index is -0.315. The molecule has 0 bridgehead atoms. The van der Waals surface area contributed by atoms with Gasteiger partial charge in [0.05, 0.1) is 6.61 Å². The van der Waals surface area contributed by atoms with Crippen LogP contribution in [0.25, 0.3) is 0 Å². The predicted octanol–water partition coefficient (Wildman–Crippen LogP) is 3.47. The molecule has 0 spiro atoms. The Morgan fingerprint density at radius 3 is 2.44 bits per heavy atom. The van der Waals surface area contributed by atoms with Crippen molar-refractivity contribution in [3.8, 4) is 0 Å². The van der Waals surface area contributed by atoms with E-state index in [1.54, 1.807) is 6.07 Å². The van der Waals surface area contributed by atoms with Crippen LogP contribution in [0.3, 0.4) is 0 Å². The Morgan fingerprint density at radius 1 is 1.00 bits per heavy atom. The highest BCUT2D eigenvalue weighted by molar-refractivity contribution is 7.99. The van der Waals surface area contributed by atoms with Gasteiger partial charge in [-0.15, -0.1) is 0 Å². The second-order valence-corrected chi connectivity index (χ2v) is 4.52. The third kappa shape index (κ3) is 2.84. The Bertz CT molecular complexity index is 471. The first-order valence-electron chi connectivity index (χ1n) is 4.91. The number of halogens is 1. The molecular formula is C13H11FOS. The van der Waals surface area contributed by atoms with Gasteiger partial charge in [-0.1, -0.05) is 30.0 Å². The van der Waals surface area contributed by atoms with Gasteiger partial charge in [-0.2, -0.15) is 0 Å². The third-order valence-electron chi connectivity index (χ3n) is 2.09. The fraction of sp³-hybridized carbons (Fsp3) is 0.0769. The average Bonchev–Trinajstić information content (AvgIpc) is 2.29. The number of rotatable bonds is 3. The molecule has 0 aliphatic carbocycles. The van der Waals surface area contributed by atoms with Gasteiger partial charge >= 0.3 is 0 Å². The summed E-state index contributed by atoms with van der Waals surface area (Å²) < 4.78 is 13.2. The molecule has 2 aromatic carbocycles. The van der Waals surface area contributed by atoms with E-state index in [4.69, 9.17) is 5.11 Å². The normalized spacial score (nSPS) is 10.4. The zero-order chi connectivity index (χ0) is 11.4. The van der Waals surface area contributed by atoms with Crippen molar-refractivity contribution in [2.75, 3.05) is 0 Å². The Morgan fingerprint density at radius 2 is 1.75 bits per heavy atom. The number of benzene rings is 2. The summed E-state index contributed by atoms with van der Waals surface area (Å²) >= 11 is 1.48. The summed E-state index contributed by atoms with van der Waals surface area (Å²) in [6.07, 6.45) is 0. The van der Waals surface area contributed by atoms with Crippen LogP contribution in [-0.2, 0) is 6.61 Å². The van der Waals surface area contributed by atoms with E-state index in [0.717, 1.165) is 9.79 Å². The lowest BCUT2D eigenvalue weighted by molar-refractivity contribution is 0.281. The van der Waals surface area contributed by atoms with Crippen molar-refractivity contribution < 1.29 is 9.50 Å². The summed E-state index contributed by atoms with van der Waals surface area (Å²) in [4.78, 5) is 1.85. The van der Waals surface area contributed by atoms with Crippen LogP contribution in [-0.4, -0.2) is 5.11 Å². The van der Waals surface area contributed by atoms with Gasteiger partial charge in [0.15, 0.2) is 0 Å². The molecule has 0 unspecified atom stereocenters. The maximum atomic E-state index is 13.2. The van der Waals surface area contributed by atoms with Gasteiger partial charge in [-0.05, 0) is 35.9 Å². The lowest BCUT2D eigenvalue weighted by Gasteiger charge is -2.04. The number of hydrogen-bond acceptors (Lipinski definition) is 2. The van der Waals surface area contributed by atoms with Crippen LogP contribution in [0.2, 0.25) is 0 Å². The lowest BCUT2D eigenvalue weighted by Crippen LogP contribution is -1.86. The highest BCUT2D eigenvalue weighted by atomic mass is 32.2. The molecule has 0 aliphatic heterocycles. The number of aliphatic hydroxyl groups excluding tert-OH is 1. The Hall–Kier alpha value is -1.32. The van der Waals surface area contributed by atoms with Crippen LogP contribution in [0.15, 0.2) is 58.3 Å². The number of hydrogen-bond donors (Lipinski definition) is 1. The molecular weight excluding hydrogens is 223 g/mol. The van der Waals surface area contributed by atoms with Crippen molar-refractivity contribution in [2.24, 2.45) is 0 Å². The van der Waals surface area contributed by atoms with E-state index in [9.17, 15) is 4.39 Å². The van der Waals surface area contributed by atoms with E-state index in [-0.39, 0.29) is 12.4 Å². The van der Waals surface area contributed by atoms with Crippen molar-refractivity contribution in [1.82, 2.24) is 0 Å². The van der Waals surface area contributed by atoms with E-state index < -0.39 is 0 Å². The van der Waals surface area contributed by atoms with Crippen molar-refractivity contribution in [1.29, 1.82) is 0 Å². The first kappa shape index (κ1) is 11.2. The quantitative estimate of drug-likeness (QED) is 0.877. The van der Waals surface area contributed by atoms with E-state index in [2.05, 4.69) is 0 Å². The maximum absolute atomic E-state index is 13.2. The fourth-order valence-electron chi connectivity index (χ4n) is 1.40. The molecule has 0 radical (unpaired) electrons. The fourth-order valence-corrected chi connectivity index (χ4v) is 2.34. The highest BCUT2D eigenvalue weighted by Crippen LogP contribution is 2.28. The largest absolute Gasteiger partial charge is 0.392 e. The molecule has 0 saturated heterocycles. The van der Waals surface area contributed by atoms with E-state index in [0.29, 0.717) is 5.56 Å². The van der Waals surface area contributed by atoms with Crippen LogP contribution >= 0.6 is 11.8 Å². The van der Waals surface area contributed by atoms with E-state index in [1.165, 1.54) is 23.9 Å². The molecule has 0 atom stereocenters. The smallest absolute Gasteiger partial charge is 0.124 e. The summed E-state index contributed by atoms with van der Waals surface area (Å²) in [6.45, 7) is -0.139. The third-order valence-corrected chi connectivity index (χ3v) is 3.07. The van der Waals surface area contributed by atoms with Gasteiger partial charge < -0.3 is 5.11 Å². The van der Waals surface area contributed by atoms with Gasteiger partial charge in [0.2, 0.25) is 0 Å². The van der Waals surface area contributed by atoms with Gasteiger partial charge in [0.25, 0.3) is 0 Å². The van der Waals surface area contributed by atoms with Crippen LogP contribution in [0.5, 0.6) is 0 Å². The number of aliphatic hydroxyl groups is 1. The summed E-state index contributed by atoms with van der Waals surface area (Å²) in [6, 6.07) is 14.4. The molecule has 0 heterocycles. The topological polar surface area (TPSA) is 20.2 Å². The van der Waals surface area contributed by atoms with Gasteiger partial charge in [0.1, 0.15) is 5.82 Å². The second kappa shape index (κ2) is 5.14. The molecule has 1 nitrogen and oxygen atoms in total. The Labute approximate surface area is 97.9 Å². The van der Waals surface area contributed by atoms with Crippen LogP contribution in [0.4, 0.5) is 4.39 Å². The summed E-state index contributed by atoms with van der Waals surface area (Å²) in [7, 11) is 0. The predicted molar refractivity (Wildman–Crippen MR) is 62.9 cm³/mol. The molecule has 0 amide bonds. The van der Waals surface area contributed by atoms with Gasteiger partial charge in [0, 0.05) is 9.79 Å². The molecule has 2 aromatic rings. The van der Waals surface area contributed by atoms with Crippen molar-refractivity contribution in [3.05, 3.63) is 59.9 Å². The summed E-state index contributed by atoms with van der Waals surface area (Å²) in [5.74, 6) is -0.315. The molecule has 82 valence electrons. The summed E-state index contributed by atoms with van der Waals surface area (Å²) in [5, 5.41) is 8.98. The SMILES string of the molecule is OCc1cc(F)cc(Sc2ccccc2)c1. The molecule has 0 aliphatic rings. The molecule has 1 N–H and O–H groups in total. The zero-order valence-corrected chi connectivity index (χ0v) is 9.38. The molecule has 0 fully saturated rings. The molecule has 2 rings (SSSR count). The average molecular weight is 234 g/mol. The minimum absolute atomic E-state index is 0.139. The second-order valence-electron chi connectivity index (χ2n) is 3.37. The summed E-state index contributed by atoms with van der Waals surface area (Å²) in [5.41, 5.74) is 0.596. The highest BCUT2D eigenvalue weighted by Gasteiger charge is 2.02. The van der Waals surface area contributed by atoms with Crippen molar-refractivity contribution in [2.45, 2.75) is 16.4 Å². The van der Waals surface area contributed by atoms with E-state index in [1.807, 2.05) is 30.3 Å². The van der Waals surface area contributed by atoms with Crippen LogP contribution in [0.1, 0.15) is 5.56 Å². The van der Waals surface area contributed by atoms with Crippen molar-refractivity contribution >= 4 is 11.8 Å². The maximum Gasteiger partial charge on any atom is 0.124 e. The molecule has 3 heteroatoms. The lowest BCUT2D eigenvalue weighted by atomic mass is 10.2. The standard InChI is InChI=1S/C13H11FOS/c14-11-6-10(9-15)7-13(8-11)16-12-4-2-1-3-5-12/h1-8,15H,9H2. The molecule has 0 aromatic heterocycles. The zero-order valence-electron chi connectivity index (χ0n) is 8.56. The van der Waals surface area contributed by atoms with Crippen molar-refractivity contribution in [3.63, 3.8) is 0 Å². The van der Waals surface area contributed by atoms with Crippen LogP contribution in [0, 0.1) is 5.82 Å². The van der Waals surface area contributed by atoms with Gasteiger partial charge in [-0.25, -0.2) is 4.39 Å². The van der Waals surface area contributed by atoms with Crippen LogP contribution < -0.4 is 0 Å². The Kier molecular flexibility index (Phi) is 3.59. The first-order valence-corrected chi connectivity index (χ1v) is 5.73. The molecule has 0 saturated carbocycles. The monoisotopic (exact) mass is 234 g/mol.